The van der Waals surface area contributed by atoms with Crippen LogP contribution in [0.3, 0.4) is 0 Å². The SMILES string of the molecule is Cc1ccc(OCc2coc(-c3ccc(C(F)(F)F)cc3)n2)c(C=CC(C)O)c1. The van der Waals surface area contributed by atoms with Gasteiger partial charge in [0.1, 0.15) is 24.3 Å². The van der Waals surface area contributed by atoms with Gasteiger partial charge in [0, 0.05) is 11.1 Å². The number of aliphatic hydroxyl groups is 1. The third kappa shape index (κ3) is 5.48. The lowest BCUT2D eigenvalue weighted by molar-refractivity contribution is -0.137. The summed E-state index contributed by atoms with van der Waals surface area (Å²) in [6.45, 7) is 3.74. The molecule has 3 aromatic rings. The molecule has 0 fully saturated rings. The van der Waals surface area contributed by atoms with Gasteiger partial charge in [0.15, 0.2) is 0 Å². The lowest BCUT2D eigenvalue weighted by atomic mass is 10.1. The Kier molecular flexibility index (Phi) is 6.08. The lowest BCUT2D eigenvalue weighted by Gasteiger charge is -2.09. The van der Waals surface area contributed by atoms with E-state index in [1.165, 1.54) is 18.4 Å². The molecule has 1 atom stereocenters. The molecule has 0 saturated carbocycles. The molecular formula is C22H20F3NO3. The number of alkyl halides is 3. The van der Waals surface area contributed by atoms with Crippen molar-refractivity contribution in [2.24, 2.45) is 0 Å². The van der Waals surface area contributed by atoms with E-state index in [0.29, 0.717) is 17.0 Å². The van der Waals surface area contributed by atoms with Crippen molar-refractivity contribution in [3.8, 4) is 17.2 Å². The van der Waals surface area contributed by atoms with Crippen molar-refractivity contribution in [1.29, 1.82) is 0 Å². The van der Waals surface area contributed by atoms with Crippen molar-refractivity contribution in [3.05, 3.63) is 77.2 Å². The third-order valence-electron chi connectivity index (χ3n) is 4.11. The van der Waals surface area contributed by atoms with E-state index < -0.39 is 17.8 Å². The molecule has 0 bridgehead atoms. The Morgan fingerprint density at radius 3 is 2.55 bits per heavy atom. The Balaban J connectivity index is 1.71. The van der Waals surface area contributed by atoms with Crippen molar-refractivity contribution in [1.82, 2.24) is 4.98 Å². The van der Waals surface area contributed by atoms with Gasteiger partial charge in [-0.05, 0) is 50.2 Å². The Morgan fingerprint density at radius 2 is 1.90 bits per heavy atom. The van der Waals surface area contributed by atoms with E-state index in [4.69, 9.17) is 9.15 Å². The van der Waals surface area contributed by atoms with Crippen molar-refractivity contribution in [2.75, 3.05) is 0 Å². The number of benzene rings is 2. The topological polar surface area (TPSA) is 55.5 Å². The predicted octanol–water partition coefficient (Wildman–Crippen LogP) is 5.64. The second-order valence-electron chi connectivity index (χ2n) is 6.65. The number of aryl methyl sites for hydroxylation is 1. The van der Waals surface area contributed by atoms with Crippen LogP contribution in [0.2, 0.25) is 0 Å². The minimum absolute atomic E-state index is 0.128. The first kappa shape index (κ1) is 20.7. The van der Waals surface area contributed by atoms with Crippen LogP contribution in [0, 0.1) is 6.92 Å². The van der Waals surface area contributed by atoms with Gasteiger partial charge >= 0.3 is 6.18 Å². The second-order valence-corrected chi connectivity index (χ2v) is 6.65. The largest absolute Gasteiger partial charge is 0.487 e. The number of rotatable bonds is 6. The standard InChI is InChI=1S/C22H20F3NO3/c1-14-3-10-20(17(11-14)5-4-15(2)27)28-12-19-13-29-21(26-19)16-6-8-18(9-7-16)22(23,24)25/h3-11,13,15,27H,12H2,1-2H3. The smallest absolute Gasteiger partial charge is 0.416 e. The number of hydrogen-bond acceptors (Lipinski definition) is 4. The first-order chi connectivity index (χ1) is 13.7. The molecule has 0 radical (unpaired) electrons. The van der Waals surface area contributed by atoms with E-state index in [-0.39, 0.29) is 12.5 Å². The molecule has 29 heavy (non-hydrogen) atoms. The van der Waals surface area contributed by atoms with Crippen LogP contribution in [-0.2, 0) is 12.8 Å². The molecule has 1 N–H and O–H groups in total. The maximum Gasteiger partial charge on any atom is 0.416 e. The second kappa shape index (κ2) is 8.53. The average molecular weight is 403 g/mol. The van der Waals surface area contributed by atoms with Crippen molar-refractivity contribution >= 4 is 6.08 Å². The highest BCUT2D eigenvalue weighted by Gasteiger charge is 2.30. The predicted molar refractivity (Wildman–Crippen MR) is 103 cm³/mol. The number of ether oxygens (including phenoxy) is 1. The number of aromatic nitrogens is 1. The van der Waals surface area contributed by atoms with E-state index in [2.05, 4.69) is 4.98 Å². The first-order valence-electron chi connectivity index (χ1n) is 8.94. The summed E-state index contributed by atoms with van der Waals surface area (Å²) in [6, 6.07) is 10.3. The molecular weight excluding hydrogens is 383 g/mol. The van der Waals surface area contributed by atoms with Gasteiger partial charge in [-0.2, -0.15) is 13.2 Å². The number of aliphatic hydroxyl groups excluding tert-OH is 1. The number of oxazole rings is 1. The zero-order chi connectivity index (χ0) is 21.0. The highest BCUT2D eigenvalue weighted by atomic mass is 19.4. The molecule has 1 heterocycles. The maximum absolute atomic E-state index is 12.7. The Morgan fingerprint density at radius 1 is 1.17 bits per heavy atom. The van der Waals surface area contributed by atoms with E-state index in [1.807, 2.05) is 25.1 Å². The van der Waals surface area contributed by atoms with Gasteiger partial charge in [-0.3, -0.25) is 0 Å². The highest BCUT2D eigenvalue weighted by molar-refractivity contribution is 5.59. The molecule has 0 aliphatic heterocycles. The fraction of sp³-hybridized carbons (Fsp3) is 0.227. The van der Waals surface area contributed by atoms with E-state index >= 15 is 0 Å². The summed E-state index contributed by atoms with van der Waals surface area (Å²) in [4.78, 5) is 4.28. The summed E-state index contributed by atoms with van der Waals surface area (Å²) >= 11 is 0. The average Bonchev–Trinajstić information content (AvgIpc) is 3.14. The quantitative estimate of drug-likeness (QED) is 0.579. The lowest BCUT2D eigenvalue weighted by Crippen LogP contribution is -2.04. The van der Waals surface area contributed by atoms with Crippen LogP contribution in [0.4, 0.5) is 13.2 Å². The molecule has 1 aromatic heterocycles. The molecule has 0 aliphatic carbocycles. The van der Waals surface area contributed by atoms with Crippen LogP contribution in [0.5, 0.6) is 5.75 Å². The van der Waals surface area contributed by atoms with Crippen LogP contribution in [0.15, 0.2) is 59.2 Å². The fourth-order valence-electron chi connectivity index (χ4n) is 2.63. The number of nitrogens with zero attached hydrogens (tertiary/aromatic N) is 1. The Bertz CT molecular complexity index is 989. The summed E-state index contributed by atoms with van der Waals surface area (Å²) in [5.74, 6) is 0.835. The molecule has 1 unspecified atom stereocenters. The van der Waals surface area contributed by atoms with Gasteiger partial charge in [0.2, 0.25) is 5.89 Å². The van der Waals surface area contributed by atoms with Gasteiger partial charge in [-0.25, -0.2) is 4.98 Å². The van der Waals surface area contributed by atoms with E-state index in [0.717, 1.165) is 23.3 Å². The molecule has 2 aromatic carbocycles. The maximum atomic E-state index is 12.7. The Labute approximate surface area is 166 Å². The molecule has 0 aliphatic rings. The van der Waals surface area contributed by atoms with Crippen molar-refractivity contribution in [2.45, 2.75) is 32.7 Å². The minimum atomic E-state index is -4.39. The fourth-order valence-corrected chi connectivity index (χ4v) is 2.63. The first-order valence-corrected chi connectivity index (χ1v) is 8.94. The number of halogens is 3. The molecule has 3 rings (SSSR count). The van der Waals surface area contributed by atoms with Gasteiger partial charge in [-0.15, -0.1) is 0 Å². The van der Waals surface area contributed by atoms with Crippen molar-refractivity contribution < 1.29 is 27.4 Å². The minimum Gasteiger partial charge on any atom is -0.487 e. The van der Waals surface area contributed by atoms with E-state index in [9.17, 15) is 18.3 Å². The van der Waals surface area contributed by atoms with Crippen LogP contribution in [0.25, 0.3) is 17.5 Å². The van der Waals surface area contributed by atoms with E-state index in [1.54, 1.807) is 19.1 Å². The summed E-state index contributed by atoms with van der Waals surface area (Å²) in [6.07, 6.45) is -0.122. The monoisotopic (exact) mass is 403 g/mol. The van der Waals surface area contributed by atoms with Crippen molar-refractivity contribution in [3.63, 3.8) is 0 Å². The Hall–Kier alpha value is -3.06. The van der Waals surface area contributed by atoms with Crippen LogP contribution in [0.1, 0.15) is 29.3 Å². The van der Waals surface area contributed by atoms with Gasteiger partial charge in [0.25, 0.3) is 0 Å². The molecule has 0 saturated heterocycles. The molecule has 152 valence electrons. The van der Waals surface area contributed by atoms with Crippen LogP contribution >= 0.6 is 0 Å². The number of hydrogen-bond donors (Lipinski definition) is 1. The summed E-state index contributed by atoms with van der Waals surface area (Å²) in [7, 11) is 0. The van der Waals surface area contributed by atoms with Gasteiger partial charge in [0.05, 0.1) is 11.7 Å². The van der Waals surface area contributed by atoms with Gasteiger partial charge in [-0.1, -0.05) is 23.8 Å². The molecule has 4 nitrogen and oxygen atoms in total. The van der Waals surface area contributed by atoms with Crippen LogP contribution in [-0.4, -0.2) is 16.2 Å². The summed E-state index contributed by atoms with van der Waals surface area (Å²) < 4.78 is 49.2. The summed E-state index contributed by atoms with van der Waals surface area (Å²) in [5.41, 5.74) is 2.09. The summed E-state index contributed by atoms with van der Waals surface area (Å²) in [5, 5.41) is 9.44. The normalized spacial score (nSPS) is 13.0. The molecule has 0 amide bonds. The zero-order valence-corrected chi connectivity index (χ0v) is 15.9. The third-order valence-corrected chi connectivity index (χ3v) is 4.11. The zero-order valence-electron chi connectivity index (χ0n) is 15.9. The highest BCUT2D eigenvalue weighted by Crippen LogP contribution is 2.31. The molecule has 7 heteroatoms. The van der Waals surface area contributed by atoms with Crippen LogP contribution < -0.4 is 4.74 Å². The molecule has 0 spiro atoms. The van der Waals surface area contributed by atoms with Gasteiger partial charge < -0.3 is 14.3 Å².